The Morgan fingerprint density at radius 1 is 1.37 bits per heavy atom. The van der Waals surface area contributed by atoms with Crippen LogP contribution in [0.2, 0.25) is 0 Å². The van der Waals surface area contributed by atoms with E-state index in [1.165, 1.54) is 6.07 Å². The summed E-state index contributed by atoms with van der Waals surface area (Å²) in [5.74, 6) is -0.863. The van der Waals surface area contributed by atoms with E-state index in [-0.39, 0.29) is 10.0 Å². The van der Waals surface area contributed by atoms with Gasteiger partial charge in [0.25, 0.3) is 0 Å². The SMILES string of the molecule is N#CCC(=O)Nc1c(Br)cc(C#N)cc1C(F)(F)F. The summed E-state index contributed by atoms with van der Waals surface area (Å²) in [7, 11) is 0. The molecule has 8 heteroatoms. The second-order valence-electron chi connectivity index (χ2n) is 3.37. The second-order valence-corrected chi connectivity index (χ2v) is 4.23. The van der Waals surface area contributed by atoms with Crippen LogP contribution in [0, 0.1) is 22.7 Å². The zero-order chi connectivity index (χ0) is 14.6. The number of carbonyl (C=O) groups is 1. The van der Waals surface area contributed by atoms with Gasteiger partial charge in [0.2, 0.25) is 5.91 Å². The molecule has 0 atom stereocenters. The van der Waals surface area contributed by atoms with Gasteiger partial charge in [-0.3, -0.25) is 4.79 Å². The van der Waals surface area contributed by atoms with E-state index in [0.29, 0.717) is 6.07 Å². The summed E-state index contributed by atoms with van der Waals surface area (Å²) >= 11 is 2.86. The van der Waals surface area contributed by atoms with E-state index >= 15 is 0 Å². The van der Waals surface area contributed by atoms with Crippen molar-refractivity contribution in [2.24, 2.45) is 0 Å². The standard InChI is InChI=1S/C11H5BrF3N3O/c12-8-4-6(5-17)3-7(11(13,14)15)10(8)18-9(19)1-2-16/h3-4H,1H2,(H,18,19). The van der Waals surface area contributed by atoms with E-state index in [0.717, 1.165) is 6.07 Å². The Morgan fingerprint density at radius 3 is 2.47 bits per heavy atom. The third-order valence-electron chi connectivity index (χ3n) is 2.03. The molecule has 0 radical (unpaired) electrons. The first kappa shape index (κ1) is 15.0. The third kappa shape index (κ3) is 3.70. The average Bonchev–Trinajstić information content (AvgIpc) is 2.30. The molecule has 1 amide bonds. The maximum atomic E-state index is 12.8. The monoisotopic (exact) mass is 331 g/mol. The number of nitrogens with one attached hydrogen (secondary N) is 1. The summed E-state index contributed by atoms with van der Waals surface area (Å²) < 4.78 is 38.4. The molecule has 1 aromatic rings. The van der Waals surface area contributed by atoms with Gasteiger partial charge in [-0.1, -0.05) is 0 Å². The van der Waals surface area contributed by atoms with Crippen LogP contribution in [0.1, 0.15) is 17.5 Å². The fourth-order valence-corrected chi connectivity index (χ4v) is 1.84. The number of benzene rings is 1. The van der Waals surface area contributed by atoms with Crippen molar-refractivity contribution in [3.8, 4) is 12.1 Å². The van der Waals surface area contributed by atoms with Crippen molar-refractivity contribution in [3.63, 3.8) is 0 Å². The Hall–Kier alpha value is -2.06. The fraction of sp³-hybridized carbons (Fsp3) is 0.182. The minimum absolute atomic E-state index is 0.0786. The normalized spacial score (nSPS) is 10.4. The number of hydrogen-bond donors (Lipinski definition) is 1. The molecule has 0 saturated carbocycles. The maximum Gasteiger partial charge on any atom is 0.418 e. The molecule has 0 aliphatic heterocycles. The number of amides is 1. The van der Waals surface area contributed by atoms with Crippen molar-refractivity contribution >= 4 is 27.5 Å². The van der Waals surface area contributed by atoms with Gasteiger partial charge >= 0.3 is 6.18 Å². The molecule has 0 heterocycles. The number of anilines is 1. The van der Waals surface area contributed by atoms with Crippen molar-refractivity contribution in [2.45, 2.75) is 12.6 Å². The van der Waals surface area contributed by atoms with Crippen molar-refractivity contribution < 1.29 is 18.0 Å². The number of rotatable bonds is 2. The van der Waals surface area contributed by atoms with Crippen molar-refractivity contribution in [1.82, 2.24) is 0 Å². The molecule has 1 rings (SSSR count). The van der Waals surface area contributed by atoms with Crippen molar-refractivity contribution in [2.75, 3.05) is 5.32 Å². The van der Waals surface area contributed by atoms with Crippen molar-refractivity contribution in [3.05, 3.63) is 27.7 Å². The molecule has 98 valence electrons. The Morgan fingerprint density at radius 2 is 2.00 bits per heavy atom. The lowest BCUT2D eigenvalue weighted by Crippen LogP contribution is -2.16. The van der Waals surface area contributed by atoms with Gasteiger partial charge in [-0.05, 0) is 28.1 Å². The largest absolute Gasteiger partial charge is 0.418 e. The Balaban J connectivity index is 3.34. The van der Waals surface area contributed by atoms with Crippen LogP contribution < -0.4 is 5.32 Å². The molecule has 0 aliphatic carbocycles. The molecular weight excluding hydrogens is 327 g/mol. The van der Waals surface area contributed by atoms with Gasteiger partial charge in [0.05, 0.1) is 29.0 Å². The zero-order valence-electron chi connectivity index (χ0n) is 9.18. The van der Waals surface area contributed by atoms with E-state index in [4.69, 9.17) is 10.5 Å². The van der Waals surface area contributed by atoms with Crippen LogP contribution in [-0.4, -0.2) is 5.91 Å². The molecule has 19 heavy (non-hydrogen) atoms. The zero-order valence-corrected chi connectivity index (χ0v) is 10.8. The van der Waals surface area contributed by atoms with Gasteiger partial charge in [0.15, 0.2) is 0 Å². The quantitative estimate of drug-likeness (QED) is 0.903. The molecule has 0 aromatic heterocycles. The summed E-state index contributed by atoms with van der Waals surface area (Å²) in [5.41, 5.74) is -1.85. The Labute approximate surface area is 114 Å². The number of carbonyl (C=O) groups excluding carboxylic acids is 1. The van der Waals surface area contributed by atoms with E-state index in [2.05, 4.69) is 15.9 Å². The Bertz CT molecular complexity index is 599. The third-order valence-corrected chi connectivity index (χ3v) is 2.65. The molecule has 0 aliphatic rings. The highest BCUT2D eigenvalue weighted by Crippen LogP contribution is 2.39. The lowest BCUT2D eigenvalue weighted by molar-refractivity contribution is -0.137. The highest BCUT2D eigenvalue weighted by Gasteiger charge is 2.35. The number of alkyl halides is 3. The summed E-state index contributed by atoms with van der Waals surface area (Å²) in [4.78, 5) is 11.2. The van der Waals surface area contributed by atoms with Crippen LogP contribution in [0.4, 0.5) is 18.9 Å². The summed E-state index contributed by atoms with van der Waals surface area (Å²) in [6.07, 6.45) is -5.30. The first-order chi connectivity index (χ1) is 8.79. The average molecular weight is 332 g/mol. The minimum Gasteiger partial charge on any atom is -0.324 e. The summed E-state index contributed by atoms with van der Waals surface area (Å²) in [6.45, 7) is 0. The highest BCUT2D eigenvalue weighted by atomic mass is 79.9. The van der Waals surface area contributed by atoms with Gasteiger partial charge < -0.3 is 5.32 Å². The molecular formula is C11H5BrF3N3O. The van der Waals surface area contributed by atoms with Crippen LogP contribution in [0.3, 0.4) is 0 Å². The van der Waals surface area contributed by atoms with E-state index < -0.39 is 29.8 Å². The second kappa shape index (κ2) is 5.72. The van der Waals surface area contributed by atoms with E-state index in [1.807, 2.05) is 5.32 Å². The summed E-state index contributed by atoms with van der Waals surface area (Å²) in [6, 6.07) is 4.90. The van der Waals surface area contributed by atoms with Crippen LogP contribution in [0.5, 0.6) is 0 Å². The first-order valence-electron chi connectivity index (χ1n) is 4.77. The molecule has 0 unspecified atom stereocenters. The number of nitrogens with zero attached hydrogens (tertiary/aromatic N) is 2. The van der Waals surface area contributed by atoms with Gasteiger partial charge in [0.1, 0.15) is 6.42 Å². The minimum atomic E-state index is -4.73. The molecule has 1 aromatic carbocycles. The topological polar surface area (TPSA) is 76.7 Å². The Kier molecular flexibility index (Phi) is 4.52. The van der Waals surface area contributed by atoms with Gasteiger partial charge in [-0.15, -0.1) is 0 Å². The predicted molar refractivity (Wildman–Crippen MR) is 62.7 cm³/mol. The summed E-state index contributed by atoms with van der Waals surface area (Å²) in [5, 5.41) is 18.9. The molecule has 0 spiro atoms. The van der Waals surface area contributed by atoms with Crippen molar-refractivity contribution in [1.29, 1.82) is 10.5 Å². The van der Waals surface area contributed by atoms with Gasteiger partial charge in [-0.2, -0.15) is 23.7 Å². The fourth-order valence-electron chi connectivity index (χ4n) is 1.28. The van der Waals surface area contributed by atoms with Crippen LogP contribution in [-0.2, 0) is 11.0 Å². The molecule has 0 fully saturated rings. The number of hydrogen-bond acceptors (Lipinski definition) is 3. The smallest absolute Gasteiger partial charge is 0.324 e. The lowest BCUT2D eigenvalue weighted by atomic mass is 10.1. The number of nitriles is 2. The first-order valence-corrected chi connectivity index (χ1v) is 5.56. The number of halogens is 4. The van der Waals surface area contributed by atoms with Crippen LogP contribution >= 0.6 is 15.9 Å². The van der Waals surface area contributed by atoms with Crippen LogP contribution in [0.25, 0.3) is 0 Å². The molecule has 0 saturated heterocycles. The molecule has 1 N–H and O–H groups in total. The maximum absolute atomic E-state index is 12.8. The molecule has 0 bridgehead atoms. The molecule has 4 nitrogen and oxygen atoms in total. The van der Waals surface area contributed by atoms with E-state index in [1.54, 1.807) is 6.07 Å². The lowest BCUT2D eigenvalue weighted by Gasteiger charge is -2.15. The predicted octanol–water partition coefficient (Wildman–Crippen LogP) is 3.19. The highest BCUT2D eigenvalue weighted by molar-refractivity contribution is 9.10. The van der Waals surface area contributed by atoms with Gasteiger partial charge in [0, 0.05) is 4.47 Å². The van der Waals surface area contributed by atoms with Crippen LogP contribution in [0.15, 0.2) is 16.6 Å². The van der Waals surface area contributed by atoms with E-state index in [9.17, 15) is 18.0 Å². The van der Waals surface area contributed by atoms with Gasteiger partial charge in [-0.25, -0.2) is 0 Å².